The van der Waals surface area contributed by atoms with E-state index in [1.165, 1.54) is 9.80 Å². The van der Waals surface area contributed by atoms with E-state index in [1.54, 1.807) is 24.3 Å². The minimum absolute atomic E-state index is 0.00768. The predicted octanol–water partition coefficient (Wildman–Crippen LogP) is 2.68. The molecule has 0 radical (unpaired) electrons. The summed E-state index contributed by atoms with van der Waals surface area (Å²) in [6.45, 7) is 1.06. The van der Waals surface area contributed by atoms with E-state index in [4.69, 9.17) is 9.84 Å². The molecule has 27 heavy (non-hydrogen) atoms. The Morgan fingerprint density at radius 1 is 1.33 bits per heavy atom. The average molecular weight is 374 g/mol. The number of hydrogen-bond acceptors (Lipinski definition) is 5. The minimum atomic E-state index is -0.935. The highest BCUT2D eigenvalue weighted by atomic mass is 19.1. The Hall–Kier alpha value is -3.23. The highest BCUT2D eigenvalue weighted by Gasteiger charge is 2.23. The van der Waals surface area contributed by atoms with E-state index in [-0.39, 0.29) is 24.4 Å². The van der Waals surface area contributed by atoms with Gasteiger partial charge in [0.15, 0.2) is 0 Å². The van der Waals surface area contributed by atoms with Gasteiger partial charge in [0.05, 0.1) is 18.5 Å². The Bertz CT molecular complexity index is 797. The van der Waals surface area contributed by atoms with Gasteiger partial charge in [0.25, 0.3) is 5.88 Å². The first-order valence-corrected chi connectivity index (χ1v) is 8.51. The maximum Gasteiger partial charge on any atom is 0.407 e. The molecular formula is C18H19FN4O4. The fraction of sp³-hybridized carbons (Fsp3) is 0.333. The molecule has 1 N–H and O–H groups in total. The number of rotatable bonds is 6. The van der Waals surface area contributed by atoms with Crippen LogP contribution < -0.4 is 9.64 Å². The van der Waals surface area contributed by atoms with Gasteiger partial charge < -0.3 is 14.7 Å². The van der Waals surface area contributed by atoms with Gasteiger partial charge in [-0.05, 0) is 30.9 Å². The second-order valence-corrected chi connectivity index (χ2v) is 6.16. The molecule has 1 aliphatic heterocycles. The molecule has 1 saturated heterocycles. The maximum absolute atomic E-state index is 14.0. The molecule has 2 heterocycles. The lowest BCUT2D eigenvalue weighted by atomic mass is 9.98. The summed E-state index contributed by atoms with van der Waals surface area (Å²) in [5.74, 6) is -0.841. The van der Waals surface area contributed by atoms with Crippen LogP contribution in [0.1, 0.15) is 12.8 Å². The summed E-state index contributed by atoms with van der Waals surface area (Å²) < 4.78 is 19.5. The first kappa shape index (κ1) is 18.6. The van der Waals surface area contributed by atoms with E-state index in [9.17, 15) is 14.0 Å². The van der Waals surface area contributed by atoms with Crippen LogP contribution in [0.3, 0.4) is 0 Å². The number of amides is 2. The third-order valence-electron chi connectivity index (χ3n) is 4.40. The summed E-state index contributed by atoms with van der Waals surface area (Å²) in [5, 5.41) is 8.96. The molecule has 1 aliphatic rings. The Labute approximate surface area is 155 Å². The second-order valence-electron chi connectivity index (χ2n) is 6.16. The number of anilines is 2. The van der Waals surface area contributed by atoms with Gasteiger partial charge in [0.1, 0.15) is 0 Å². The molecule has 8 nitrogen and oxygen atoms in total. The van der Waals surface area contributed by atoms with E-state index >= 15 is 0 Å². The van der Waals surface area contributed by atoms with E-state index in [0.717, 1.165) is 6.20 Å². The first-order chi connectivity index (χ1) is 13.1. The molecule has 3 rings (SSSR count). The summed E-state index contributed by atoms with van der Waals surface area (Å²) in [7, 11) is 0. The van der Waals surface area contributed by atoms with Crippen molar-refractivity contribution in [2.75, 3.05) is 24.6 Å². The number of aromatic nitrogens is 2. The van der Waals surface area contributed by atoms with Crippen LogP contribution in [0.5, 0.6) is 5.88 Å². The van der Waals surface area contributed by atoms with Crippen LogP contribution in [-0.2, 0) is 4.79 Å². The SMILES string of the molecule is O=CN(c1ccccc1)c1ncc(F)c(OCC2CCN(C(=O)O)CC2)n1. The zero-order valence-corrected chi connectivity index (χ0v) is 14.5. The molecule has 0 bridgehead atoms. The predicted molar refractivity (Wildman–Crippen MR) is 94.5 cm³/mol. The zero-order valence-electron chi connectivity index (χ0n) is 14.5. The van der Waals surface area contributed by atoms with Gasteiger partial charge >= 0.3 is 6.09 Å². The topological polar surface area (TPSA) is 95.9 Å². The summed E-state index contributed by atoms with van der Waals surface area (Å²) in [4.78, 5) is 32.8. The lowest BCUT2D eigenvalue weighted by Gasteiger charge is -2.29. The van der Waals surface area contributed by atoms with Crippen LogP contribution in [0.15, 0.2) is 36.5 Å². The Kier molecular flexibility index (Phi) is 5.80. The van der Waals surface area contributed by atoms with Gasteiger partial charge in [0.2, 0.25) is 18.2 Å². The molecule has 0 aliphatic carbocycles. The van der Waals surface area contributed by atoms with Crippen LogP contribution in [0, 0.1) is 11.7 Å². The van der Waals surface area contributed by atoms with Crippen molar-refractivity contribution < 1.29 is 23.8 Å². The van der Waals surface area contributed by atoms with Crippen molar-refractivity contribution in [1.82, 2.24) is 14.9 Å². The number of ether oxygens (including phenoxy) is 1. The van der Waals surface area contributed by atoms with Gasteiger partial charge in [-0.2, -0.15) is 9.37 Å². The number of carbonyl (C=O) groups excluding carboxylic acids is 1. The Morgan fingerprint density at radius 2 is 2.04 bits per heavy atom. The van der Waals surface area contributed by atoms with Crippen molar-refractivity contribution >= 4 is 24.1 Å². The molecule has 0 atom stereocenters. The number of carbonyl (C=O) groups is 2. The highest BCUT2D eigenvalue weighted by molar-refractivity contribution is 5.83. The second kappa shape index (κ2) is 8.43. The van der Waals surface area contributed by atoms with Crippen molar-refractivity contribution in [3.8, 4) is 5.88 Å². The van der Waals surface area contributed by atoms with Crippen molar-refractivity contribution in [2.45, 2.75) is 12.8 Å². The van der Waals surface area contributed by atoms with Crippen molar-refractivity contribution in [2.24, 2.45) is 5.92 Å². The molecule has 0 spiro atoms. The highest BCUT2D eigenvalue weighted by Crippen LogP contribution is 2.24. The van der Waals surface area contributed by atoms with E-state index in [0.29, 0.717) is 38.0 Å². The van der Waals surface area contributed by atoms with Crippen molar-refractivity contribution in [3.63, 3.8) is 0 Å². The van der Waals surface area contributed by atoms with Crippen molar-refractivity contribution in [1.29, 1.82) is 0 Å². The number of benzene rings is 1. The van der Waals surface area contributed by atoms with E-state index in [1.807, 2.05) is 6.07 Å². The zero-order chi connectivity index (χ0) is 19.2. The molecule has 0 saturated carbocycles. The molecular weight excluding hydrogens is 355 g/mol. The molecule has 1 aromatic carbocycles. The van der Waals surface area contributed by atoms with Crippen LogP contribution in [-0.4, -0.2) is 52.2 Å². The van der Waals surface area contributed by atoms with Gasteiger partial charge in [-0.3, -0.25) is 9.69 Å². The summed E-state index contributed by atoms with van der Waals surface area (Å²) >= 11 is 0. The standard InChI is InChI=1S/C18H19FN4O4/c19-15-10-20-17(23(12-24)14-4-2-1-3-5-14)21-16(15)27-11-13-6-8-22(9-7-13)18(25)26/h1-5,10,12-13H,6-9,11H2,(H,25,26). The Morgan fingerprint density at radius 3 is 2.67 bits per heavy atom. The number of piperidine rings is 1. The van der Waals surface area contributed by atoms with Gasteiger partial charge in [0, 0.05) is 13.1 Å². The number of para-hydroxylation sites is 1. The minimum Gasteiger partial charge on any atom is -0.475 e. The monoisotopic (exact) mass is 374 g/mol. The summed E-state index contributed by atoms with van der Waals surface area (Å²) in [6, 6.07) is 8.74. The van der Waals surface area contributed by atoms with Crippen LogP contribution >= 0.6 is 0 Å². The quantitative estimate of drug-likeness (QED) is 0.781. The van der Waals surface area contributed by atoms with Gasteiger partial charge in [-0.15, -0.1) is 0 Å². The molecule has 2 amide bonds. The van der Waals surface area contributed by atoms with Gasteiger partial charge in [-0.1, -0.05) is 18.2 Å². The number of likely N-dealkylation sites (tertiary alicyclic amines) is 1. The van der Waals surface area contributed by atoms with E-state index < -0.39 is 11.9 Å². The summed E-state index contributed by atoms with van der Waals surface area (Å²) in [6.07, 6.45) is 1.85. The third kappa shape index (κ3) is 4.49. The maximum atomic E-state index is 14.0. The number of hydrogen-bond donors (Lipinski definition) is 1. The van der Waals surface area contributed by atoms with Crippen LogP contribution in [0.2, 0.25) is 0 Å². The van der Waals surface area contributed by atoms with Crippen molar-refractivity contribution in [3.05, 3.63) is 42.3 Å². The lowest BCUT2D eigenvalue weighted by molar-refractivity contribution is -0.106. The van der Waals surface area contributed by atoms with Crippen LogP contribution in [0.25, 0.3) is 0 Å². The molecule has 1 fully saturated rings. The number of nitrogens with zero attached hydrogens (tertiary/aromatic N) is 4. The van der Waals surface area contributed by atoms with E-state index in [2.05, 4.69) is 9.97 Å². The fourth-order valence-electron chi connectivity index (χ4n) is 2.86. The summed E-state index contributed by atoms with van der Waals surface area (Å²) in [5.41, 5.74) is 0.547. The number of halogens is 1. The molecule has 142 valence electrons. The van der Waals surface area contributed by atoms with Gasteiger partial charge in [-0.25, -0.2) is 9.78 Å². The smallest absolute Gasteiger partial charge is 0.407 e. The first-order valence-electron chi connectivity index (χ1n) is 8.51. The molecule has 9 heteroatoms. The normalized spacial score (nSPS) is 14.6. The third-order valence-corrected chi connectivity index (χ3v) is 4.40. The average Bonchev–Trinajstić information content (AvgIpc) is 2.70. The Balaban J connectivity index is 1.67. The largest absolute Gasteiger partial charge is 0.475 e. The lowest BCUT2D eigenvalue weighted by Crippen LogP contribution is -2.38. The number of carboxylic acid groups (broad SMARTS) is 1. The van der Waals surface area contributed by atoms with Crippen LogP contribution in [0.4, 0.5) is 20.8 Å². The fourth-order valence-corrected chi connectivity index (χ4v) is 2.86. The molecule has 0 unspecified atom stereocenters. The molecule has 2 aromatic rings. The molecule has 1 aromatic heterocycles.